The largest absolute Gasteiger partial charge is 0.378 e. The van der Waals surface area contributed by atoms with Gasteiger partial charge in [-0.15, -0.1) is 10.2 Å². The highest BCUT2D eigenvalue weighted by molar-refractivity contribution is 7.90. The zero-order valence-electron chi connectivity index (χ0n) is 16.2. The Morgan fingerprint density at radius 2 is 1.85 bits per heavy atom. The molecule has 152 valence electrons. The van der Waals surface area contributed by atoms with Gasteiger partial charge in [0.15, 0.2) is 5.82 Å². The van der Waals surface area contributed by atoms with Gasteiger partial charge in [-0.25, -0.2) is 13.1 Å². The maximum absolute atomic E-state index is 11.9. The molecule has 8 nitrogen and oxygen atoms in total. The van der Waals surface area contributed by atoms with Crippen molar-refractivity contribution in [3.05, 3.63) is 12.1 Å². The normalized spacial score (nSPS) is 24.2. The maximum atomic E-state index is 11.9. The lowest BCUT2D eigenvalue weighted by Gasteiger charge is -2.30. The second-order valence-corrected chi connectivity index (χ2v) is 10.0. The summed E-state index contributed by atoms with van der Waals surface area (Å²) in [6.45, 7) is 7.12. The molecule has 2 aliphatic rings. The van der Waals surface area contributed by atoms with Crippen LogP contribution in [-0.2, 0) is 14.8 Å². The van der Waals surface area contributed by atoms with E-state index in [1.165, 1.54) is 0 Å². The first-order chi connectivity index (χ1) is 12.9. The monoisotopic (exact) mass is 397 g/mol. The van der Waals surface area contributed by atoms with E-state index in [4.69, 9.17) is 4.74 Å². The molecule has 9 heteroatoms. The van der Waals surface area contributed by atoms with Crippen molar-refractivity contribution in [1.82, 2.24) is 14.9 Å². The fourth-order valence-electron chi connectivity index (χ4n) is 3.48. The van der Waals surface area contributed by atoms with Crippen molar-refractivity contribution in [3.63, 3.8) is 0 Å². The Kier molecular flexibility index (Phi) is 6.88. The Hall–Kier alpha value is -1.45. The molecule has 3 rings (SSSR count). The summed E-state index contributed by atoms with van der Waals surface area (Å²) in [7, 11) is -3.17. The molecule has 1 saturated carbocycles. The van der Waals surface area contributed by atoms with Crippen LogP contribution in [0.4, 0.5) is 11.6 Å². The average molecular weight is 398 g/mol. The van der Waals surface area contributed by atoms with Crippen LogP contribution in [0.5, 0.6) is 0 Å². The molecule has 27 heavy (non-hydrogen) atoms. The molecule has 0 bridgehead atoms. The van der Waals surface area contributed by atoms with Crippen molar-refractivity contribution < 1.29 is 13.2 Å². The number of rotatable bonds is 7. The van der Waals surface area contributed by atoms with Crippen LogP contribution in [0, 0.1) is 5.92 Å². The van der Waals surface area contributed by atoms with Crippen molar-refractivity contribution >= 4 is 21.7 Å². The van der Waals surface area contributed by atoms with Crippen LogP contribution in [0.2, 0.25) is 0 Å². The highest BCUT2D eigenvalue weighted by Crippen LogP contribution is 2.26. The summed E-state index contributed by atoms with van der Waals surface area (Å²) in [5.41, 5.74) is 0. The molecule has 2 heterocycles. The van der Waals surface area contributed by atoms with Gasteiger partial charge in [0.25, 0.3) is 0 Å². The Morgan fingerprint density at radius 3 is 2.44 bits per heavy atom. The van der Waals surface area contributed by atoms with E-state index in [0.29, 0.717) is 18.5 Å². The predicted molar refractivity (Wildman–Crippen MR) is 106 cm³/mol. The second kappa shape index (κ2) is 9.16. The number of nitrogens with zero attached hydrogens (tertiary/aromatic N) is 3. The number of nitrogens with one attached hydrogen (secondary N) is 2. The lowest BCUT2D eigenvalue weighted by Crippen LogP contribution is -2.37. The van der Waals surface area contributed by atoms with Gasteiger partial charge in [0.2, 0.25) is 10.0 Å². The van der Waals surface area contributed by atoms with Crippen molar-refractivity contribution in [2.75, 3.05) is 43.1 Å². The zero-order valence-corrected chi connectivity index (χ0v) is 17.0. The van der Waals surface area contributed by atoms with Crippen molar-refractivity contribution in [1.29, 1.82) is 0 Å². The van der Waals surface area contributed by atoms with Crippen LogP contribution in [0.3, 0.4) is 0 Å². The number of anilines is 2. The standard InChI is InChI=1S/C18H31N5O3S/c1-14(2)27(24,25)19-13-15-3-5-16(6-4-15)20-17-7-8-18(22-21-17)23-9-11-26-12-10-23/h7-8,14-16,19H,3-6,9-13H2,1-2H3,(H,20,21)/t15-,16-. The smallest absolute Gasteiger partial charge is 0.213 e. The average Bonchev–Trinajstić information content (AvgIpc) is 2.69. The molecule has 1 aliphatic carbocycles. The Morgan fingerprint density at radius 1 is 1.15 bits per heavy atom. The van der Waals surface area contributed by atoms with Gasteiger partial charge in [-0.1, -0.05) is 0 Å². The Balaban J connectivity index is 1.42. The van der Waals surface area contributed by atoms with Gasteiger partial charge < -0.3 is 15.0 Å². The third-order valence-corrected chi connectivity index (χ3v) is 7.19. The van der Waals surface area contributed by atoms with Crippen molar-refractivity contribution in [2.45, 2.75) is 50.8 Å². The van der Waals surface area contributed by atoms with Crippen molar-refractivity contribution in [3.8, 4) is 0 Å². The molecule has 0 unspecified atom stereocenters. The number of morpholine rings is 1. The Bertz CT molecular complexity index is 681. The second-order valence-electron chi connectivity index (χ2n) is 7.68. The van der Waals surface area contributed by atoms with E-state index in [1.807, 2.05) is 12.1 Å². The third kappa shape index (κ3) is 5.76. The van der Waals surface area contributed by atoms with Crippen molar-refractivity contribution in [2.24, 2.45) is 5.92 Å². The summed E-state index contributed by atoms with van der Waals surface area (Å²) in [4.78, 5) is 2.18. The van der Waals surface area contributed by atoms with E-state index in [1.54, 1.807) is 13.8 Å². The molecule has 1 aromatic rings. The van der Waals surface area contributed by atoms with Gasteiger partial charge in [-0.2, -0.15) is 0 Å². The summed E-state index contributed by atoms with van der Waals surface area (Å²) in [5, 5.41) is 11.7. The molecule has 0 aromatic carbocycles. The van der Waals surface area contributed by atoms with Crippen LogP contribution in [0.15, 0.2) is 12.1 Å². The number of ether oxygens (including phenoxy) is 1. The molecule has 0 atom stereocenters. The van der Waals surface area contributed by atoms with Gasteiger partial charge >= 0.3 is 0 Å². The molecule has 1 saturated heterocycles. The summed E-state index contributed by atoms with van der Waals surface area (Å²) in [6, 6.07) is 4.36. The van der Waals surface area contributed by atoms with Gasteiger partial charge in [-0.05, 0) is 57.6 Å². The first-order valence-electron chi connectivity index (χ1n) is 9.85. The van der Waals surface area contributed by atoms with E-state index in [0.717, 1.165) is 63.6 Å². The first kappa shape index (κ1) is 20.3. The van der Waals surface area contributed by atoms with E-state index in [2.05, 4.69) is 25.1 Å². The van der Waals surface area contributed by atoms with Gasteiger partial charge in [0.05, 0.1) is 18.5 Å². The number of aromatic nitrogens is 2. The minimum atomic E-state index is -3.17. The molecular formula is C18H31N5O3S. The summed E-state index contributed by atoms with van der Waals surface area (Å²) < 4.78 is 31.9. The lowest BCUT2D eigenvalue weighted by molar-refractivity contribution is 0.122. The highest BCUT2D eigenvalue weighted by Gasteiger charge is 2.24. The van der Waals surface area contributed by atoms with E-state index >= 15 is 0 Å². The minimum absolute atomic E-state index is 0.367. The lowest BCUT2D eigenvalue weighted by atomic mass is 9.86. The van der Waals surface area contributed by atoms with E-state index < -0.39 is 10.0 Å². The first-order valence-corrected chi connectivity index (χ1v) is 11.4. The molecular weight excluding hydrogens is 366 g/mol. The molecule has 0 radical (unpaired) electrons. The third-order valence-electron chi connectivity index (χ3n) is 5.38. The fraction of sp³-hybridized carbons (Fsp3) is 0.778. The summed E-state index contributed by atoms with van der Waals surface area (Å²) in [5.74, 6) is 2.10. The molecule has 2 N–H and O–H groups in total. The summed E-state index contributed by atoms with van der Waals surface area (Å²) >= 11 is 0. The van der Waals surface area contributed by atoms with Crippen LogP contribution in [-0.4, -0.2) is 62.8 Å². The van der Waals surface area contributed by atoms with E-state index in [-0.39, 0.29) is 5.25 Å². The highest BCUT2D eigenvalue weighted by atomic mass is 32.2. The van der Waals surface area contributed by atoms with Crippen LogP contribution >= 0.6 is 0 Å². The molecule has 0 spiro atoms. The number of hydrogen-bond acceptors (Lipinski definition) is 7. The van der Waals surface area contributed by atoms with Crippen LogP contribution in [0.1, 0.15) is 39.5 Å². The molecule has 2 fully saturated rings. The van der Waals surface area contributed by atoms with Gasteiger partial charge in [-0.3, -0.25) is 0 Å². The topological polar surface area (TPSA) is 96.5 Å². The fourth-order valence-corrected chi connectivity index (χ4v) is 4.29. The minimum Gasteiger partial charge on any atom is -0.378 e. The summed E-state index contributed by atoms with van der Waals surface area (Å²) in [6.07, 6.45) is 4.05. The maximum Gasteiger partial charge on any atom is 0.213 e. The van der Waals surface area contributed by atoms with Gasteiger partial charge in [0.1, 0.15) is 5.82 Å². The zero-order chi connectivity index (χ0) is 19.3. The quantitative estimate of drug-likeness (QED) is 0.721. The Labute approximate surface area is 162 Å². The molecule has 0 amide bonds. The number of hydrogen-bond donors (Lipinski definition) is 2. The van der Waals surface area contributed by atoms with Crippen LogP contribution < -0.4 is 14.9 Å². The molecule has 1 aliphatic heterocycles. The molecule has 1 aromatic heterocycles. The van der Waals surface area contributed by atoms with E-state index in [9.17, 15) is 8.42 Å². The SMILES string of the molecule is CC(C)S(=O)(=O)NC[C@H]1CC[C@H](Nc2ccc(N3CCOCC3)nn2)CC1. The van der Waals surface area contributed by atoms with Crippen LogP contribution in [0.25, 0.3) is 0 Å². The predicted octanol–water partition coefficient (Wildman–Crippen LogP) is 1.61. The van der Waals surface area contributed by atoms with Gasteiger partial charge in [0, 0.05) is 25.7 Å². The number of sulfonamides is 1.